The van der Waals surface area contributed by atoms with Gasteiger partial charge in [0.15, 0.2) is 0 Å². The minimum atomic E-state index is -0.177. The van der Waals surface area contributed by atoms with E-state index in [1.54, 1.807) is 0 Å². The summed E-state index contributed by atoms with van der Waals surface area (Å²) in [7, 11) is 0. The second-order valence-electron chi connectivity index (χ2n) is 4.43. The number of nitrogens with one attached hydrogen (secondary N) is 1. The van der Waals surface area contributed by atoms with Crippen LogP contribution in [0, 0.1) is 0 Å². The minimum Gasteiger partial charge on any atom is -0.392 e. The van der Waals surface area contributed by atoms with Gasteiger partial charge in [0.25, 0.3) is 0 Å². The molecule has 0 spiro atoms. The fourth-order valence-electron chi connectivity index (χ4n) is 0.966. The van der Waals surface area contributed by atoms with E-state index in [2.05, 4.69) is 33.0 Å². The zero-order chi connectivity index (χ0) is 9.61. The highest BCUT2D eigenvalue weighted by Gasteiger charge is 2.11. The molecule has 0 amide bonds. The molecule has 0 heterocycles. The van der Waals surface area contributed by atoms with E-state index in [9.17, 15) is 5.11 Å². The zero-order valence-electron chi connectivity index (χ0n) is 8.85. The maximum Gasteiger partial charge on any atom is 0.0664 e. The van der Waals surface area contributed by atoms with Gasteiger partial charge in [0.05, 0.1) is 6.10 Å². The summed E-state index contributed by atoms with van der Waals surface area (Å²) >= 11 is 0. The Bertz CT molecular complexity index is 107. The fraction of sp³-hybridized carbons (Fsp3) is 1.00. The summed E-state index contributed by atoms with van der Waals surface area (Å²) in [6.45, 7) is 9.19. The van der Waals surface area contributed by atoms with Crippen LogP contribution in [0.5, 0.6) is 0 Å². The lowest BCUT2D eigenvalue weighted by molar-refractivity contribution is 0.149. The molecule has 0 bridgehead atoms. The van der Waals surface area contributed by atoms with Crippen LogP contribution < -0.4 is 5.32 Å². The quantitative estimate of drug-likeness (QED) is 0.666. The van der Waals surface area contributed by atoms with Gasteiger partial charge in [-0.3, -0.25) is 0 Å². The Morgan fingerprint density at radius 3 is 2.33 bits per heavy atom. The van der Waals surface area contributed by atoms with Gasteiger partial charge in [-0.1, -0.05) is 19.8 Å². The number of hydrogen-bond donors (Lipinski definition) is 2. The lowest BCUT2D eigenvalue weighted by atomic mass is 10.1. The Morgan fingerprint density at radius 2 is 1.92 bits per heavy atom. The van der Waals surface area contributed by atoms with E-state index in [-0.39, 0.29) is 11.6 Å². The fourth-order valence-corrected chi connectivity index (χ4v) is 0.966. The molecule has 0 aliphatic carbocycles. The standard InChI is InChI=1S/C10H23NO/c1-5-6-7-9(12)8-11-10(2,3)4/h9,11-12H,5-8H2,1-4H3. The third-order valence-electron chi connectivity index (χ3n) is 1.76. The maximum atomic E-state index is 9.48. The largest absolute Gasteiger partial charge is 0.392 e. The van der Waals surface area contributed by atoms with Crippen molar-refractivity contribution in [2.75, 3.05) is 6.54 Å². The smallest absolute Gasteiger partial charge is 0.0664 e. The summed E-state index contributed by atoms with van der Waals surface area (Å²) in [5, 5.41) is 12.8. The molecule has 1 atom stereocenters. The first-order valence-electron chi connectivity index (χ1n) is 4.89. The molecule has 74 valence electrons. The zero-order valence-corrected chi connectivity index (χ0v) is 8.85. The molecule has 0 aromatic rings. The molecule has 0 aromatic heterocycles. The first kappa shape index (κ1) is 11.9. The van der Waals surface area contributed by atoms with Gasteiger partial charge in [-0.05, 0) is 27.2 Å². The predicted octanol–water partition coefficient (Wildman–Crippen LogP) is 1.93. The van der Waals surface area contributed by atoms with Crippen molar-refractivity contribution >= 4 is 0 Å². The lowest BCUT2D eigenvalue weighted by Gasteiger charge is -2.22. The van der Waals surface area contributed by atoms with Crippen LogP contribution in [0.4, 0.5) is 0 Å². The second kappa shape index (κ2) is 5.55. The summed E-state index contributed by atoms with van der Waals surface area (Å²) in [5.74, 6) is 0. The normalized spacial score (nSPS) is 14.8. The van der Waals surface area contributed by atoms with Gasteiger partial charge in [-0.25, -0.2) is 0 Å². The highest BCUT2D eigenvalue weighted by Crippen LogP contribution is 2.02. The SMILES string of the molecule is CCCCC(O)CNC(C)(C)C. The highest BCUT2D eigenvalue weighted by molar-refractivity contribution is 4.72. The molecule has 2 heteroatoms. The Hall–Kier alpha value is -0.0800. The molecule has 2 nitrogen and oxygen atoms in total. The van der Waals surface area contributed by atoms with E-state index >= 15 is 0 Å². The van der Waals surface area contributed by atoms with Crippen LogP contribution in [0.15, 0.2) is 0 Å². The summed E-state index contributed by atoms with van der Waals surface area (Å²) < 4.78 is 0. The summed E-state index contributed by atoms with van der Waals surface area (Å²) in [4.78, 5) is 0. The number of unbranched alkanes of at least 4 members (excludes halogenated alkanes) is 1. The molecule has 0 aliphatic heterocycles. The third-order valence-corrected chi connectivity index (χ3v) is 1.76. The van der Waals surface area contributed by atoms with Crippen molar-refractivity contribution in [1.29, 1.82) is 0 Å². The molecular weight excluding hydrogens is 150 g/mol. The van der Waals surface area contributed by atoms with Gasteiger partial charge in [0, 0.05) is 12.1 Å². The molecule has 0 radical (unpaired) electrons. The molecule has 0 fully saturated rings. The van der Waals surface area contributed by atoms with Crippen molar-refractivity contribution in [3.05, 3.63) is 0 Å². The van der Waals surface area contributed by atoms with Gasteiger partial charge in [0.1, 0.15) is 0 Å². The van der Waals surface area contributed by atoms with Gasteiger partial charge >= 0.3 is 0 Å². The van der Waals surface area contributed by atoms with E-state index < -0.39 is 0 Å². The third kappa shape index (κ3) is 8.02. The average molecular weight is 173 g/mol. The van der Waals surface area contributed by atoms with Crippen LogP contribution in [-0.2, 0) is 0 Å². The number of β-amino-alcohol motifs (C(OH)–C–C–N with tert-alkyl or cyclic N) is 1. The van der Waals surface area contributed by atoms with Crippen LogP contribution in [0.25, 0.3) is 0 Å². The van der Waals surface area contributed by atoms with Gasteiger partial charge in [-0.15, -0.1) is 0 Å². The molecule has 1 unspecified atom stereocenters. The minimum absolute atomic E-state index is 0.118. The number of aliphatic hydroxyl groups excluding tert-OH is 1. The molecule has 0 saturated carbocycles. The Balaban J connectivity index is 3.37. The van der Waals surface area contributed by atoms with E-state index in [1.807, 2.05) is 0 Å². The highest BCUT2D eigenvalue weighted by atomic mass is 16.3. The van der Waals surface area contributed by atoms with Crippen molar-refractivity contribution in [3.8, 4) is 0 Å². The Labute approximate surface area is 76.4 Å². The van der Waals surface area contributed by atoms with Crippen molar-refractivity contribution < 1.29 is 5.11 Å². The predicted molar refractivity (Wildman–Crippen MR) is 53.3 cm³/mol. The Kier molecular flexibility index (Phi) is 5.51. The van der Waals surface area contributed by atoms with Crippen molar-refractivity contribution in [2.24, 2.45) is 0 Å². The first-order valence-corrected chi connectivity index (χ1v) is 4.89. The topological polar surface area (TPSA) is 32.3 Å². The van der Waals surface area contributed by atoms with Crippen LogP contribution >= 0.6 is 0 Å². The van der Waals surface area contributed by atoms with E-state index in [0.29, 0.717) is 6.54 Å². The number of hydrogen-bond acceptors (Lipinski definition) is 2. The lowest BCUT2D eigenvalue weighted by Crippen LogP contribution is -2.40. The van der Waals surface area contributed by atoms with Gasteiger partial charge in [-0.2, -0.15) is 0 Å². The molecule has 0 rings (SSSR count). The molecule has 0 saturated heterocycles. The van der Waals surface area contributed by atoms with Crippen LogP contribution in [0.2, 0.25) is 0 Å². The number of rotatable bonds is 5. The maximum absolute atomic E-state index is 9.48. The Morgan fingerprint density at radius 1 is 1.33 bits per heavy atom. The molecule has 12 heavy (non-hydrogen) atoms. The summed E-state index contributed by atoms with van der Waals surface area (Å²) in [6, 6.07) is 0. The first-order chi connectivity index (χ1) is 5.45. The summed E-state index contributed by atoms with van der Waals surface area (Å²) in [6.07, 6.45) is 3.02. The molecule has 0 aromatic carbocycles. The molecular formula is C10H23NO. The van der Waals surface area contributed by atoms with E-state index in [0.717, 1.165) is 19.3 Å². The average Bonchev–Trinajstić information content (AvgIpc) is 1.95. The second-order valence-corrected chi connectivity index (χ2v) is 4.43. The molecule has 2 N–H and O–H groups in total. The van der Waals surface area contributed by atoms with Crippen molar-refractivity contribution in [3.63, 3.8) is 0 Å². The van der Waals surface area contributed by atoms with Gasteiger partial charge in [0.2, 0.25) is 0 Å². The van der Waals surface area contributed by atoms with Crippen LogP contribution in [0.1, 0.15) is 47.0 Å². The number of aliphatic hydroxyl groups is 1. The van der Waals surface area contributed by atoms with E-state index in [1.165, 1.54) is 0 Å². The van der Waals surface area contributed by atoms with Crippen LogP contribution in [0.3, 0.4) is 0 Å². The van der Waals surface area contributed by atoms with Crippen molar-refractivity contribution in [2.45, 2.75) is 58.6 Å². The van der Waals surface area contributed by atoms with Crippen molar-refractivity contribution in [1.82, 2.24) is 5.32 Å². The summed E-state index contributed by atoms with van der Waals surface area (Å²) in [5.41, 5.74) is 0.118. The monoisotopic (exact) mass is 173 g/mol. The molecule has 0 aliphatic rings. The van der Waals surface area contributed by atoms with Crippen LogP contribution in [-0.4, -0.2) is 23.3 Å². The van der Waals surface area contributed by atoms with Gasteiger partial charge < -0.3 is 10.4 Å². The van der Waals surface area contributed by atoms with E-state index in [4.69, 9.17) is 0 Å².